The first-order chi connectivity index (χ1) is 20.2. The number of rotatable bonds is 10. The molecule has 0 amide bonds. The van der Waals surface area contributed by atoms with Gasteiger partial charge in [-0.3, -0.25) is 0 Å². The standard InChI is InChI=1S/C32H26F2N4O4/c1-19-12-28(37-31(13-19)42-18-23-6-8-24(35-2)17-26(23)34)21-5-4-20(25(33)14-21)16-30-36-27-9-7-22(32(39)40)15-29(27)38(30)10-11-41-3/h4-9,12-15,17H,10-11,16,18H2,1,3H3,(H,39,40). The molecular weight excluding hydrogens is 542 g/mol. The fourth-order valence-electron chi connectivity index (χ4n) is 4.62. The van der Waals surface area contributed by atoms with Crippen LogP contribution in [0.5, 0.6) is 5.88 Å². The molecule has 0 aliphatic rings. The second-order valence-electron chi connectivity index (χ2n) is 9.71. The molecule has 3 aromatic carbocycles. The fraction of sp³-hybridized carbons (Fsp3) is 0.188. The summed E-state index contributed by atoms with van der Waals surface area (Å²) < 4.78 is 42.5. The Bertz CT molecular complexity index is 1850. The first-order valence-electron chi connectivity index (χ1n) is 13.0. The van der Waals surface area contributed by atoms with Crippen molar-refractivity contribution >= 4 is 22.7 Å². The molecule has 10 heteroatoms. The highest BCUT2D eigenvalue weighted by molar-refractivity contribution is 5.92. The van der Waals surface area contributed by atoms with Crippen molar-refractivity contribution in [3.8, 4) is 17.1 Å². The number of aromatic carboxylic acids is 1. The number of nitrogens with zero attached hydrogens (tertiary/aromatic N) is 4. The van der Waals surface area contributed by atoms with Gasteiger partial charge in [-0.2, -0.15) is 0 Å². The molecule has 0 saturated heterocycles. The zero-order valence-electron chi connectivity index (χ0n) is 22.9. The largest absolute Gasteiger partial charge is 0.478 e. The van der Waals surface area contributed by atoms with Gasteiger partial charge < -0.3 is 19.1 Å². The van der Waals surface area contributed by atoms with E-state index in [-0.39, 0.29) is 30.2 Å². The van der Waals surface area contributed by atoms with Crippen LogP contribution in [0, 0.1) is 25.1 Å². The smallest absolute Gasteiger partial charge is 0.335 e. The van der Waals surface area contributed by atoms with Gasteiger partial charge >= 0.3 is 5.97 Å². The molecule has 212 valence electrons. The lowest BCUT2D eigenvalue weighted by atomic mass is 10.0. The highest BCUT2D eigenvalue weighted by Crippen LogP contribution is 2.27. The molecule has 0 bridgehead atoms. The number of hydrogen-bond donors (Lipinski definition) is 1. The van der Waals surface area contributed by atoms with Crippen LogP contribution in [0.3, 0.4) is 0 Å². The van der Waals surface area contributed by atoms with E-state index in [0.717, 1.165) is 11.6 Å². The number of pyridine rings is 1. The fourth-order valence-corrected chi connectivity index (χ4v) is 4.62. The van der Waals surface area contributed by atoms with E-state index in [0.29, 0.717) is 52.4 Å². The van der Waals surface area contributed by atoms with E-state index in [9.17, 15) is 14.3 Å². The first-order valence-corrected chi connectivity index (χ1v) is 13.0. The number of carboxylic acid groups (broad SMARTS) is 1. The Morgan fingerprint density at radius 3 is 2.50 bits per heavy atom. The number of ether oxygens (including phenoxy) is 2. The summed E-state index contributed by atoms with van der Waals surface area (Å²) in [5.74, 6) is -1.18. The van der Waals surface area contributed by atoms with Crippen molar-refractivity contribution in [1.29, 1.82) is 0 Å². The van der Waals surface area contributed by atoms with Crippen LogP contribution in [0.15, 0.2) is 66.7 Å². The molecular formula is C32H26F2N4O4. The van der Waals surface area contributed by atoms with Gasteiger partial charge in [0, 0.05) is 37.3 Å². The van der Waals surface area contributed by atoms with Crippen LogP contribution in [-0.2, 0) is 24.3 Å². The highest BCUT2D eigenvalue weighted by Gasteiger charge is 2.16. The molecule has 42 heavy (non-hydrogen) atoms. The molecule has 0 aliphatic carbocycles. The summed E-state index contributed by atoms with van der Waals surface area (Å²) in [6.45, 7) is 9.58. The SMILES string of the molecule is [C-]#[N+]c1ccc(COc2cc(C)cc(-c3ccc(Cc4nc5ccc(C(=O)O)cc5n4CCOC)c(F)c3)n2)c(F)c1. The normalized spacial score (nSPS) is 11.0. The molecule has 0 saturated carbocycles. The number of hydrogen-bond acceptors (Lipinski definition) is 5. The second-order valence-corrected chi connectivity index (χ2v) is 9.71. The minimum Gasteiger partial charge on any atom is -0.478 e. The van der Waals surface area contributed by atoms with Crippen molar-refractivity contribution in [2.75, 3.05) is 13.7 Å². The molecule has 0 unspecified atom stereocenters. The Balaban J connectivity index is 1.39. The summed E-state index contributed by atoms with van der Waals surface area (Å²) in [5, 5.41) is 9.41. The number of carboxylic acids is 1. The van der Waals surface area contributed by atoms with Crippen LogP contribution >= 0.6 is 0 Å². The summed E-state index contributed by atoms with van der Waals surface area (Å²) in [4.78, 5) is 23.9. The van der Waals surface area contributed by atoms with E-state index >= 15 is 4.39 Å². The van der Waals surface area contributed by atoms with Gasteiger partial charge in [-0.1, -0.05) is 24.3 Å². The van der Waals surface area contributed by atoms with Gasteiger partial charge in [-0.15, -0.1) is 0 Å². The lowest BCUT2D eigenvalue weighted by molar-refractivity contribution is 0.0697. The maximum absolute atomic E-state index is 15.4. The molecule has 2 heterocycles. The van der Waals surface area contributed by atoms with Crippen LogP contribution in [0.25, 0.3) is 27.1 Å². The number of aryl methyl sites for hydroxylation is 1. The molecule has 5 rings (SSSR count). The van der Waals surface area contributed by atoms with Crippen molar-refractivity contribution in [1.82, 2.24) is 14.5 Å². The summed E-state index contributed by atoms with van der Waals surface area (Å²) in [7, 11) is 1.57. The predicted octanol–water partition coefficient (Wildman–Crippen LogP) is 6.75. The Morgan fingerprint density at radius 1 is 1.00 bits per heavy atom. The lowest BCUT2D eigenvalue weighted by Gasteiger charge is -2.12. The molecule has 2 aromatic heterocycles. The number of benzene rings is 3. The number of carbonyl (C=O) groups is 1. The third kappa shape index (κ3) is 6.11. The van der Waals surface area contributed by atoms with Gasteiger partial charge in [0.1, 0.15) is 24.1 Å². The average molecular weight is 569 g/mol. The first kappa shape index (κ1) is 28.4. The van der Waals surface area contributed by atoms with Crippen LogP contribution in [0.2, 0.25) is 0 Å². The summed E-state index contributed by atoms with van der Waals surface area (Å²) in [5.41, 5.74) is 4.16. The Morgan fingerprint density at radius 2 is 1.79 bits per heavy atom. The molecule has 1 N–H and O–H groups in total. The summed E-state index contributed by atoms with van der Waals surface area (Å²) in [6, 6.07) is 17.2. The van der Waals surface area contributed by atoms with Gasteiger partial charge in [0.15, 0.2) is 5.69 Å². The number of imidazole rings is 1. The van der Waals surface area contributed by atoms with Crippen molar-refractivity contribution in [3.05, 3.63) is 118 Å². The third-order valence-corrected chi connectivity index (χ3v) is 6.78. The average Bonchev–Trinajstić information content (AvgIpc) is 3.32. The number of halogens is 2. The molecule has 0 radical (unpaired) electrons. The van der Waals surface area contributed by atoms with Gasteiger partial charge in [0.25, 0.3) is 0 Å². The second kappa shape index (κ2) is 12.2. The number of methoxy groups -OCH3 is 1. The number of aromatic nitrogens is 3. The Hall–Kier alpha value is -5.14. The minimum absolute atomic E-state index is 0.0780. The van der Waals surface area contributed by atoms with Crippen LogP contribution in [0.4, 0.5) is 14.5 Å². The van der Waals surface area contributed by atoms with E-state index in [4.69, 9.17) is 16.0 Å². The molecule has 5 aromatic rings. The van der Waals surface area contributed by atoms with Crippen molar-refractivity contribution in [3.63, 3.8) is 0 Å². The number of fused-ring (bicyclic) bond motifs is 1. The summed E-state index contributed by atoms with van der Waals surface area (Å²) >= 11 is 0. The summed E-state index contributed by atoms with van der Waals surface area (Å²) in [6.07, 6.45) is 0.181. The maximum atomic E-state index is 15.4. The van der Waals surface area contributed by atoms with Crippen LogP contribution < -0.4 is 4.74 Å². The molecule has 0 spiro atoms. The molecule has 0 atom stereocenters. The third-order valence-electron chi connectivity index (χ3n) is 6.78. The zero-order valence-corrected chi connectivity index (χ0v) is 22.9. The topological polar surface area (TPSA) is 90.8 Å². The quantitative estimate of drug-likeness (QED) is 0.188. The van der Waals surface area contributed by atoms with Crippen molar-refractivity contribution < 1.29 is 28.2 Å². The zero-order chi connectivity index (χ0) is 29.8. The van der Waals surface area contributed by atoms with E-state index < -0.39 is 17.6 Å². The lowest BCUT2D eigenvalue weighted by Crippen LogP contribution is -2.10. The monoisotopic (exact) mass is 568 g/mol. The van der Waals surface area contributed by atoms with Gasteiger partial charge in [0.2, 0.25) is 5.88 Å². The van der Waals surface area contributed by atoms with E-state index in [1.165, 1.54) is 24.3 Å². The predicted molar refractivity (Wildman–Crippen MR) is 153 cm³/mol. The van der Waals surface area contributed by atoms with Crippen molar-refractivity contribution in [2.24, 2.45) is 0 Å². The minimum atomic E-state index is -1.04. The van der Waals surface area contributed by atoms with Crippen LogP contribution in [-0.4, -0.2) is 39.3 Å². The van der Waals surface area contributed by atoms with E-state index in [1.807, 2.05) is 11.5 Å². The highest BCUT2D eigenvalue weighted by atomic mass is 19.1. The van der Waals surface area contributed by atoms with Gasteiger partial charge in [0.05, 0.1) is 35.5 Å². The molecule has 8 nitrogen and oxygen atoms in total. The maximum Gasteiger partial charge on any atom is 0.335 e. The van der Waals surface area contributed by atoms with Gasteiger partial charge in [-0.05, 0) is 54.4 Å². The van der Waals surface area contributed by atoms with Gasteiger partial charge in [-0.25, -0.2) is 28.4 Å². The van der Waals surface area contributed by atoms with Crippen LogP contribution in [0.1, 0.15) is 32.9 Å². The Labute approximate surface area is 240 Å². The van der Waals surface area contributed by atoms with E-state index in [1.54, 1.807) is 43.5 Å². The van der Waals surface area contributed by atoms with E-state index in [2.05, 4.69) is 14.8 Å². The molecule has 0 fully saturated rings. The molecule has 0 aliphatic heterocycles. The Kier molecular flexibility index (Phi) is 8.22. The van der Waals surface area contributed by atoms with Crippen molar-refractivity contribution in [2.45, 2.75) is 26.5 Å².